The summed E-state index contributed by atoms with van der Waals surface area (Å²) in [6.07, 6.45) is -2.16. The zero-order chi connectivity index (χ0) is 19.4. The van der Waals surface area contributed by atoms with Gasteiger partial charge in [-0.3, -0.25) is 4.79 Å². The van der Waals surface area contributed by atoms with Crippen molar-refractivity contribution in [3.05, 3.63) is 48.3 Å². The summed E-state index contributed by atoms with van der Waals surface area (Å²) >= 11 is 0. The van der Waals surface area contributed by atoms with Gasteiger partial charge in [0.05, 0.1) is 5.92 Å². The third-order valence-electron chi connectivity index (χ3n) is 4.96. The Labute approximate surface area is 150 Å². The van der Waals surface area contributed by atoms with Crippen molar-refractivity contribution in [1.29, 1.82) is 0 Å². The maximum Gasteiger partial charge on any atom is 0.334 e. The number of aliphatic hydroxyl groups is 1. The van der Waals surface area contributed by atoms with Crippen molar-refractivity contribution < 1.29 is 33.7 Å². The molecule has 3 aliphatic heterocycles. The summed E-state index contributed by atoms with van der Waals surface area (Å²) < 4.78 is 16.5. The van der Waals surface area contributed by atoms with Gasteiger partial charge in [0.1, 0.15) is 24.1 Å². The highest BCUT2D eigenvalue weighted by Crippen LogP contribution is 2.44. The molecule has 0 saturated carbocycles. The lowest BCUT2D eigenvalue weighted by Gasteiger charge is -2.32. The minimum absolute atomic E-state index is 0.0400. The Morgan fingerprint density at radius 1 is 1.35 bits per heavy atom. The summed E-state index contributed by atoms with van der Waals surface area (Å²) in [5.74, 6) is -2.43. The number of fused-ring (bicyclic) bond motifs is 3. The Hall–Kier alpha value is -2.67. The van der Waals surface area contributed by atoms with Crippen molar-refractivity contribution in [2.45, 2.75) is 44.2 Å². The Bertz CT molecular complexity index is 790. The summed E-state index contributed by atoms with van der Waals surface area (Å²) in [6.45, 7) is 14.1. The first-order chi connectivity index (χ1) is 12.0. The number of hydrogen-bond donors (Lipinski definition) is 1. The van der Waals surface area contributed by atoms with E-state index in [1.54, 1.807) is 6.92 Å². The largest absolute Gasteiger partial charge is 0.479 e. The minimum Gasteiger partial charge on any atom is -0.479 e. The Balaban J connectivity index is 2.08. The average molecular weight is 360 g/mol. The van der Waals surface area contributed by atoms with E-state index < -0.39 is 41.8 Å². The molecule has 138 valence electrons. The molecule has 0 unspecified atom stereocenters. The molecule has 0 radical (unpaired) electrons. The van der Waals surface area contributed by atoms with Crippen molar-refractivity contribution in [2.75, 3.05) is 0 Å². The van der Waals surface area contributed by atoms with Crippen LogP contribution in [0.1, 0.15) is 20.3 Å². The lowest BCUT2D eigenvalue weighted by atomic mass is 9.80. The maximum atomic E-state index is 12.4. The highest BCUT2D eigenvalue weighted by molar-refractivity contribution is 6.00. The first-order valence-corrected chi connectivity index (χ1v) is 8.14. The van der Waals surface area contributed by atoms with Gasteiger partial charge in [-0.15, -0.1) is 0 Å². The van der Waals surface area contributed by atoms with Gasteiger partial charge in [-0.25, -0.2) is 9.59 Å². The molecule has 7 nitrogen and oxygen atoms in total. The van der Waals surface area contributed by atoms with Crippen LogP contribution in [0.4, 0.5) is 0 Å². The average Bonchev–Trinajstić information content (AvgIpc) is 3.02. The van der Waals surface area contributed by atoms with Crippen LogP contribution >= 0.6 is 0 Å². The molecule has 2 bridgehead atoms. The van der Waals surface area contributed by atoms with Gasteiger partial charge in [-0.2, -0.15) is 0 Å². The second-order valence-electron chi connectivity index (χ2n) is 7.02. The molecule has 0 aliphatic carbocycles. The summed E-state index contributed by atoms with van der Waals surface area (Å²) in [7, 11) is 0. The molecule has 26 heavy (non-hydrogen) atoms. The molecule has 0 aromatic carbocycles. The van der Waals surface area contributed by atoms with Gasteiger partial charge in [0, 0.05) is 29.2 Å². The summed E-state index contributed by atoms with van der Waals surface area (Å²) in [5.41, 5.74) is -0.987. The Morgan fingerprint density at radius 3 is 2.62 bits per heavy atom. The fourth-order valence-corrected chi connectivity index (χ4v) is 3.41. The number of rotatable bonds is 2. The highest BCUT2D eigenvalue weighted by atomic mass is 16.6. The molecule has 1 N–H and O–H groups in total. The van der Waals surface area contributed by atoms with Crippen molar-refractivity contribution >= 4 is 17.7 Å². The molecule has 3 rings (SSSR count). The number of aliphatic hydroxyl groups excluding tert-OH is 1. The first kappa shape index (κ1) is 18.1. The predicted molar refractivity (Wildman–Crippen MR) is 89.5 cm³/mol. The topological polar surface area (TPSA) is 99.1 Å². The Morgan fingerprint density at radius 2 is 2.00 bits per heavy atom. The Kier molecular flexibility index (Phi) is 4.15. The SMILES string of the molecule is C=C(C)C(=O)O[C@@H]1C[C@@]2(C)OC(=CC2=O)C(=C)[C@@H](O)[C@H]2OC(=O)C(=C)[C@@H]21. The van der Waals surface area contributed by atoms with E-state index in [1.165, 1.54) is 13.0 Å². The van der Waals surface area contributed by atoms with Crippen molar-refractivity contribution in [3.8, 4) is 0 Å². The quantitative estimate of drug-likeness (QED) is 0.582. The second-order valence-corrected chi connectivity index (χ2v) is 7.02. The standard InChI is InChI=1S/C19H20O7/c1-8(2)17(22)24-12-7-19(5)13(20)6-11(26-19)9(3)15(21)16-14(12)10(4)18(23)25-16/h6,12,14-16,21H,1,3-4,7H2,2,5H3/t12-,14-,15-,16+,19-/m1/s1. The van der Waals surface area contributed by atoms with Crippen molar-refractivity contribution in [3.63, 3.8) is 0 Å². The normalized spacial score (nSPS) is 36.2. The molecule has 2 saturated heterocycles. The molecule has 0 aromatic heterocycles. The molecule has 7 heteroatoms. The maximum absolute atomic E-state index is 12.4. The third-order valence-corrected chi connectivity index (χ3v) is 4.96. The van der Waals surface area contributed by atoms with Gasteiger partial charge in [-0.1, -0.05) is 19.7 Å². The third kappa shape index (κ3) is 2.68. The number of carbonyl (C=O) groups excluding carboxylic acids is 3. The molecule has 0 aromatic rings. The van der Waals surface area contributed by atoms with E-state index in [-0.39, 0.29) is 34.7 Å². The van der Waals surface area contributed by atoms with Crippen LogP contribution in [-0.4, -0.2) is 46.7 Å². The van der Waals surface area contributed by atoms with Crippen LogP contribution in [0.2, 0.25) is 0 Å². The van der Waals surface area contributed by atoms with Crippen LogP contribution in [-0.2, 0) is 28.6 Å². The van der Waals surface area contributed by atoms with E-state index in [4.69, 9.17) is 14.2 Å². The number of hydrogen-bond acceptors (Lipinski definition) is 7. The van der Waals surface area contributed by atoms with E-state index in [1.807, 2.05) is 0 Å². The van der Waals surface area contributed by atoms with Gasteiger partial charge >= 0.3 is 11.9 Å². The van der Waals surface area contributed by atoms with Crippen LogP contribution in [0.15, 0.2) is 48.3 Å². The van der Waals surface area contributed by atoms with Crippen LogP contribution < -0.4 is 0 Å². The van der Waals surface area contributed by atoms with Crippen LogP contribution in [0.25, 0.3) is 0 Å². The smallest absolute Gasteiger partial charge is 0.334 e. The number of carbonyl (C=O) groups is 3. The van der Waals surface area contributed by atoms with Crippen LogP contribution in [0.5, 0.6) is 0 Å². The lowest BCUT2D eigenvalue weighted by molar-refractivity contribution is -0.155. The monoisotopic (exact) mass is 360 g/mol. The molecule has 0 spiro atoms. The molecule has 2 fully saturated rings. The molecular formula is C19H20O7. The number of ether oxygens (including phenoxy) is 3. The van der Waals surface area contributed by atoms with E-state index in [0.717, 1.165) is 0 Å². The van der Waals surface area contributed by atoms with E-state index in [2.05, 4.69) is 19.7 Å². The van der Waals surface area contributed by atoms with E-state index in [9.17, 15) is 19.5 Å². The summed E-state index contributed by atoms with van der Waals surface area (Å²) in [6, 6.07) is 0. The fourth-order valence-electron chi connectivity index (χ4n) is 3.41. The minimum atomic E-state index is -1.34. The molecular weight excluding hydrogens is 340 g/mol. The van der Waals surface area contributed by atoms with Crippen molar-refractivity contribution in [1.82, 2.24) is 0 Å². The molecule has 3 aliphatic rings. The van der Waals surface area contributed by atoms with Crippen LogP contribution in [0, 0.1) is 5.92 Å². The summed E-state index contributed by atoms with van der Waals surface area (Å²) in [5, 5.41) is 10.7. The first-order valence-electron chi connectivity index (χ1n) is 8.14. The highest BCUT2D eigenvalue weighted by Gasteiger charge is 2.55. The molecule has 5 atom stereocenters. The molecule has 0 amide bonds. The lowest BCUT2D eigenvalue weighted by Crippen LogP contribution is -2.45. The van der Waals surface area contributed by atoms with Gasteiger partial charge in [0.2, 0.25) is 5.78 Å². The predicted octanol–water partition coefficient (Wildman–Crippen LogP) is 1.13. The number of ketones is 1. The van der Waals surface area contributed by atoms with E-state index >= 15 is 0 Å². The van der Waals surface area contributed by atoms with Gasteiger partial charge in [0.15, 0.2) is 5.60 Å². The van der Waals surface area contributed by atoms with E-state index in [0.29, 0.717) is 0 Å². The number of esters is 2. The summed E-state index contributed by atoms with van der Waals surface area (Å²) in [4.78, 5) is 36.6. The fraction of sp³-hybridized carbons (Fsp3) is 0.421. The molecule has 3 heterocycles. The van der Waals surface area contributed by atoms with Gasteiger partial charge in [-0.05, 0) is 13.8 Å². The van der Waals surface area contributed by atoms with Crippen molar-refractivity contribution in [2.24, 2.45) is 5.92 Å². The van der Waals surface area contributed by atoms with Gasteiger partial charge < -0.3 is 19.3 Å². The zero-order valence-electron chi connectivity index (χ0n) is 14.6. The second kappa shape index (κ2) is 5.95. The van der Waals surface area contributed by atoms with Crippen LogP contribution in [0.3, 0.4) is 0 Å². The van der Waals surface area contributed by atoms with Gasteiger partial charge in [0.25, 0.3) is 0 Å². The zero-order valence-corrected chi connectivity index (χ0v) is 14.6.